The van der Waals surface area contributed by atoms with Gasteiger partial charge >= 0.3 is 0 Å². The maximum Gasteiger partial charge on any atom is 0.258 e. The molecule has 0 saturated carbocycles. The van der Waals surface area contributed by atoms with Crippen LogP contribution in [0.15, 0.2) is 41.4 Å². The zero-order valence-corrected chi connectivity index (χ0v) is 18.2. The van der Waals surface area contributed by atoms with Crippen molar-refractivity contribution in [1.29, 1.82) is 0 Å². The van der Waals surface area contributed by atoms with Crippen molar-refractivity contribution in [3.63, 3.8) is 0 Å². The van der Waals surface area contributed by atoms with E-state index < -0.39 is 0 Å². The third-order valence-corrected chi connectivity index (χ3v) is 5.16. The first-order valence-corrected chi connectivity index (χ1v) is 10.5. The van der Waals surface area contributed by atoms with Crippen LogP contribution in [-0.4, -0.2) is 58.6 Å². The highest BCUT2D eigenvalue weighted by atomic mass is 16.6. The molecule has 0 aliphatic carbocycles. The number of ether oxygens (including phenoxy) is 5. The summed E-state index contributed by atoms with van der Waals surface area (Å²) >= 11 is 0. The zero-order chi connectivity index (χ0) is 22.3. The van der Waals surface area contributed by atoms with Gasteiger partial charge in [0.2, 0.25) is 5.96 Å². The van der Waals surface area contributed by atoms with Gasteiger partial charge in [-0.1, -0.05) is 0 Å². The molecule has 2 heterocycles. The highest BCUT2D eigenvalue weighted by molar-refractivity contribution is 6.10. The Morgan fingerprint density at radius 1 is 1.03 bits per heavy atom. The first-order chi connectivity index (χ1) is 15.7. The maximum atomic E-state index is 12.9. The van der Waals surface area contributed by atoms with Crippen molar-refractivity contribution in [2.45, 2.75) is 18.9 Å². The van der Waals surface area contributed by atoms with Gasteiger partial charge in [0.1, 0.15) is 13.2 Å². The minimum atomic E-state index is -0.331. The lowest BCUT2D eigenvalue weighted by Gasteiger charge is -2.20. The van der Waals surface area contributed by atoms with Crippen LogP contribution in [0.3, 0.4) is 0 Å². The van der Waals surface area contributed by atoms with Gasteiger partial charge in [0, 0.05) is 23.9 Å². The Morgan fingerprint density at radius 2 is 1.84 bits per heavy atom. The first-order valence-electron chi connectivity index (χ1n) is 10.5. The molecule has 170 valence electrons. The molecule has 1 fully saturated rings. The van der Waals surface area contributed by atoms with E-state index in [1.165, 1.54) is 7.11 Å². The van der Waals surface area contributed by atoms with Gasteiger partial charge in [0.15, 0.2) is 23.0 Å². The molecule has 9 nitrogen and oxygen atoms in total. The summed E-state index contributed by atoms with van der Waals surface area (Å²) in [5.41, 5.74) is 1.13. The molecule has 1 saturated heterocycles. The molecule has 0 aromatic heterocycles. The van der Waals surface area contributed by atoms with Crippen LogP contribution in [0, 0.1) is 0 Å². The molecule has 0 spiro atoms. The fourth-order valence-electron chi connectivity index (χ4n) is 3.51. The number of nitrogens with one attached hydrogen (secondary N) is 2. The standard InChI is InChI=1S/C23H27N3O6/c1-28-18-7-5-15(12-20(18)29-2)22(27)26-23(24-14-17-4-3-9-30-17)25-16-6-8-19-21(13-16)32-11-10-31-19/h5-8,12-13,17H,3-4,9-11,14H2,1-2H3,(H2,24,25,26,27)/t17-/m1/s1. The number of amides is 1. The number of benzene rings is 2. The Balaban J connectivity index is 1.52. The SMILES string of the molecule is COc1ccc(C(=O)NC(=NC[C@H]2CCCO2)Nc2ccc3c(c2)OCCO3)cc1OC. The molecule has 2 aromatic carbocycles. The largest absolute Gasteiger partial charge is 0.493 e. The number of fused-ring (bicyclic) bond motifs is 1. The van der Waals surface area contributed by atoms with E-state index in [2.05, 4.69) is 15.6 Å². The van der Waals surface area contributed by atoms with E-state index in [0.29, 0.717) is 60.0 Å². The number of hydrogen-bond donors (Lipinski definition) is 2. The lowest BCUT2D eigenvalue weighted by Crippen LogP contribution is -2.36. The number of carbonyl (C=O) groups excluding carboxylic acids is 1. The topological polar surface area (TPSA) is 99.6 Å². The molecule has 1 atom stereocenters. The number of rotatable bonds is 6. The second kappa shape index (κ2) is 10.2. The summed E-state index contributed by atoms with van der Waals surface area (Å²) in [6.45, 7) is 2.20. The summed E-state index contributed by atoms with van der Waals surface area (Å²) in [6, 6.07) is 10.5. The van der Waals surface area contributed by atoms with Crippen molar-refractivity contribution in [3.8, 4) is 23.0 Å². The normalized spacial score (nSPS) is 17.6. The molecule has 32 heavy (non-hydrogen) atoms. The van der Waals surface area contributed by atoms with Gasteiger partial charge in [-0.15, -0.1) is 0 Å². The van der Waals surface area contributed by atoms with Crippen LogP contribution in [0.2, 0.25) is 0 Å². The summed E-state index contributed by atoms with van der Waals surface area (Å²) in [4.78, 5) is 17.5. The molecule has 2 aliphatic heterocycles. The van der Waals surface area contributed by atoms with Crippen molar-refractivity contribution in [2.24, 2.45) is 4.99 Å². The smallest absolute Gasteiger partial charge is 0.258 e. The van der Waals surface area contributed by atoms with E-state index in [9.17, 15) is 4.79 Å². The number of methoxy groups -OCH3 is 2. The number of anilines is 1. The molecule has 2 N–H and O–H groups in total. The molecule has 9 heteroatoms. The molecule has 0 radical (unpaired) electrons. The van der Waals surface area contributed by atoms with Crippen LogP contribution in [-0.2, 0) is 4.74 Å². The number of carbonyl (C=O) groups is 1. The number of hydrogen-bond acceptors (Lipinski definition) is 7. The maximum absolute atomic E-state index is 12.9. The van der Waals surface area contributed by atoms with Gasteiger partial charge in [0.05, 0.1) is 26.9 Å². The van der Waals surface area contributed by atoms with E-state index in [-0.39, 0.29) is 12.0 Å². The Labute approximate surface area is 186 Å². The predicted octanol–water partition coefficient (Wildman–Crippen LogP) is 2.85. The van der Waals surface area contributed by atoms with Gasteiger partial charge in [-0.05, 0) is 43.2 Å². The van der Waals surface area contributed by atoms with Crippen LogP contribution in [0.25, 0.3) is 0 Å². The molecule has 4 rings (SSSR count). The Bertz CT molecular complexity index is 988. The van der Waals surface area contributed by atoms with E-state index in [0.717, 1.165) is 19.4 Å². The second-order valence-corrected chi connectivity index (χ2v) is 7.33. The molecule has 2 aromatic rings. The highest BCUT2D eigenvalue weighted by Crippen LogP contribution is 2.32. The number of nitrogens with zero attached hydrogens (tertiary/aromatic N) is 1. The van der Waals surface area contributed by atoms with Crippen molar-refractivity contribution in [3.05, 3.63) is 42.0 Å². The van der Waals surface area contributed by atoms with Gasteiger partial charge < -0.3 is 29.0 Å². The van der Waals surface area contributed by atoms with E-state index >= 15 is 0 Å². The number of aliphatic imine (C=N–C) groups is 1. The quantitative estimate of drug-likeness (QED) is 0.525. The van der Waals surface area contributed by atoms with Gasteiger partial charge in [-0.3, -0.25) is 10.1 Å². The predicted molar refractivity (Wildman–Crippen MR) is 119 cm³/mol. The summed E-state index contributed by atoms with van der Waals surface area (Å²) in [5, 5.41) is 6.03. The van der Waals surface area contributed by atoms with Crippen LogP contribution in [0.4, 0.5) is 5.69 Å². The van der Waals surface area contributed by atoms with Crippen molar-refractivity contribution >= 4 is 17.6 Å². The second-order valence-electron chi connectivity index (χ2n) is 7.33. The van der Waals surface area contributed by atoms with Gasteiger partial charge in [-0.2, -0.15) is 0 Å². The van der Waals surface area contributed by atoms with E-state index in [1.807, 2.05) is 18.2 Å². The zero-order valence-electron chi connectivity index (χ0n) is 18.2. The average Bonchev–Trinajstić information content (AvgIpc) is 3.35. The summed E-state index contributed by atoms with van der Waals surface area (Å²) in [6.07, 6.45) is 2.01. The lowest BCUT2D eigenvalue weighted by atomic mass is 10.2. The monoisotopic (exact) mass is 441 g/mol. The molecule has 0 bridgehead atoms. The van der Waals surface area contributed by atoms with Crippen molar-refractivity contribution < 1.29 is 28.5 Å². The highest BCUT2D eigenvalue weighted by Gasteiger charge is 2.18. The summed E-state index contributed by atoms with van der Waals surface area (Å²) < 4.78 is 27.4. The first kappa shape index (κ1) is 21.8. The van der Waals surface area contributed by atoms with E-state index in [4.69, 9.17) is 23.7 Å². The van der Waals surface area contributed by atoms with Gasteiger partial charge in [-0.25, -0.2) is 4.99 Å². The molecule has 2 aliphatic rings. The third-order valence-electron chi connectivity index (χ3n) is 5.16. The lowest BCUT2D eigenvalue weighted by molar-refractivity contribution is 0.0975. The van der Waals surface area contributed by atoms with Crippen LogP contribution < -0.4 is 29.6 Å². The summed E-state index contributed by atoms with van der Waals surface area (Å²) in [5.74, 6) is 2.34. The van der Waals surface area contributed by atoms with Gasteiger partial charge in [0.25, 0.3) is 5.91 Å². The fraction of sp³-hybridized carbons (Fsp3) is 0.391. The minimum Gasteiger partial charge on any atom is -0.493 e. The summed E-state index contributed by atoms with van der Waals surface area (Å²) in [7, 11) is 3.07. The fourth-order valence-corrected chi connectivity index (χ4v) is 3.51. The molecular formula is C23H27N3O6. The Hall–Kier alpha value is -3.46. The van der Waals surface area contributed by atoms with Crippen molar-refractivity contribution in [1.82, 2.24) is 5.32 Å². The number of guanidine groups is 1. The average molecular weight is 441 g/mol. The van der Waals surface area contributed by atoms with E-state index in [1.54, 1.807) is 25.3 Å². The van der Waals surface area contributed by atoms with Crippen LogP contribution in [0.5, 0.6) is 23.0 Å². The van der Waals surface area contributed by atoms with Crippen LogP contribution >= 0.6 is 0 Å². The molecule has 0 unspecified atom stereocenters. The third kappa shape index (κ3) is 5.23. The molecular weight excluding hydrogens is 414 g/mol. The Morgan fingerprint density at radius 3 is 2.59 bits per heavy atom. The van der Waals surface area contributed by atoms with Crippen LogP contribution in [0.1, 0.15) is 23.2 Å². The molecule has 1 amide bonds. The Kier molecular flexibility index (Phi) is 6.96. The minimum absolute atomic E-state index is 0.0463. The van der Waals surface area contributed by atoms with Crippen molar-refractivity contribution in [2.75, 3.05) is 45.9 Å².